The zero-order valence-corrected chi connectivity index (χ0v) is 11.1. The average molecular weight is 277 g/mol. The van der Waals surface area contributed by atoms with Gasteiger partial charge in [0.05, 0.1) is 17.4 Å². The topological polar surface area (TPSA) is 38.3 Å². The Hall–Kier alpha value is -0.850. The van der Waals surface area contributed by atoms with Gasteiger partial charge in [0.15, 0.2) is 11.6 Å². The molecule has 0 fully saturated rings. The van der Waals surface area contributed by atoms with E-state index in [0.717, 1.165) is 25.2 Å². The Bertz CT molecular complexity index is 402. The number of rotatable bonds is 8. The Morgan fingerprint density at radius 3 is 2.72 bits per heavy atom. The van der Waals surface area contributed by atoms with Crippen molar-refractivity contribution in [3.8, 4) is 0 Å². The SMILES string of the molecule is COCCNCCCS(=O)c1ccc(F)c(F)c1. The highest BCUT2D eigenvalue weighted by molar-refractivity contribution is 7.85. The fourth-order valence-electron chi connectivity index (χ4n) is 1.36. The lowest BCUT2D eigenvalue weighted by Crippen LogP contribution is -2.21. The van der Waals surface area contributed by atoms with E-state index < -0.39 is 22.4 Å². The maximum Gasteiger partial charge on any atom is 0.160 e. The molecule has 1 N–H and O–H groups in total. The zero-order valence-electron chi connectivity index (χ0n) is 10.2. The summed E-state index contributed by atoms with van der Waals surface area (Å²) in [5.41, 5.74) is 0. The van der Waals surface area contributed by atoms with Gasteiger partial charge in [-0.15, -0.1) is 0 Å². The summed E-state index contributed by atoms with van der Waals surface area (Å²) in [7, 11) is 0.338. The van der Waals surface area contributed by atoms with E-state index in [0.29, 0.717) is 23.7 Å². The predicted molar refractivity (Wildman–Crippen MR) is 67.0 cm³/mol. The van der Waals surface area contributed by atoms with Gasteiger partial charge in [0.1, 0.15) is 0 Å². The number of halogens is 2. The molecule has 3 nitrogen and oxygen atoms in total. The van der Waals surface area contributed by atoms with Gasteiger partial charge < -0.3 is 10.1 Å². The third-order valence-electron chi connectivity index (χ3n) is 2.32. The first-order valence-electron chi connectivity index (χ1n) is 5.68. The second kappa shape index (κ2) is 8.29. The summed E-state index contributed by atoms with van der Waals surface area (Å²) in [4.78, 5) is 0.325. The Kier molecular flexibility index (Phi) is 7.00. The van der Waals surface area contributed by atoms with Gasteiger partial charge in [-0.1, -0.05) is 0 Å². The molecule has 102 valence electrons. The summed E-state index contributed by atoms with van der Waals surface area (Å²) in [5, 5.41) is 3.12. The maximum atomic E-state index is 12.9. The second-order valence-corrected chi connectivity index (χ2v) is 5.29. The molecular weight excluding hydrogens is 260 g/mol. The van der Waals surface area contributed by atoms with E-state index in [1.165, 1.54) is 6.07 Å². The van der Waals surface area contributed by atoms with Gasteiger partial charge in [0.2, 0.25) is 0 Å². The molecule has 0 aliphatic rings. The molecule has 0 amide bonds. The summed E-state index contributed by atoms with van der Waals surface area (Å²) in [6, 6.07) is 3.34. The van der Waals surface area contributed by atoms with Gasteiger partial charge in [0, 0.05) is 24.3 Å². The van der Waals surface area contributed by atoms with Crippen LogP contribution in [0.25, 0.3) is 0 Å². The minimum atomic E-state index is -1.29. The van der Waals surface area contributed by atoms with Crippen molar-refractivity contribution >= 4 is 10.8 Å². The van der Waals surface area contributed by atoms with Crippen molar-refractivity contribution in [1.82, 2.24) is 5.32 Å². The van der Waals surface area contributed by atoms with Crippen LogP contribution in [0.3, 0.4) is 0 Å². The van der Waals surface area contributed by atoms with E-state index in [9.17, 15) is 13.0 Å². The molecule has 1 atom stereocenters. The molecule has 0 saturated heterocycles. The third-order valence-corrected chi connectivity index (χ3v) is 3.76. The molecule has 1 aromatic rings. The third kappa shape index (κ3) is 5.20. The molecule has 18 heavy (non-hydrogen) atoms. The number of nitrogens with one attached hydrogen (secondary N) is 1. The molecule has 1 unspecified atom stereocenters. The highest BCUT2D eigenvalue weighted by Gasteiger charge is 2.07. The average Bonchev–Trinajstić information content (AvgIpc) is 2.36. The van der Waals surface area contributed by atoms with Gasteiger partial charge >= 0.3 is 0 Å². The lowest BCUT2D eigenvalue weighted by Gasteiger charge is -2.05. The minimum Gasteiger partial charge on any atom is -0.383 e. The van der Waals surface area contributed by atoms with E-state index in [1.807, 2.05) is 0 Å². The standard InChI is InChI=1S/C12H17F2NO2S/c1-17-7-6-15-5-2-8-18(16)10-3-4-11(13)12(14)9-10/h3-4,9,15H,2,5-8H2,1H3. The van der Waals surface area contributed by atoms with Crippen molar-refractivity contribution in [2.24, 2.45) is 0 Å². The van der Waals surface area contributed by atoms with E-state index >= 15 is 0 Å². The summed E-state index contributed by atoms with van der Waals surface area (Å²) < 4.78 is 42.3. The summed E-state index contributed by atoms with van der Waals surface area (Å²) in [5.74, 6) is -1.46. The van der Waals surface area contributed by atoms with Crippen molar-refractivity contribution in [3.63, 3.8) is 0 Å². The lowest BCUT2D eigenvalue weighted by atomic mass is 10.3. The van der Waals surface area contributed by atoms with Gasteiger partial charge in [-0.25, -0.2) is 8.78 Å². The second-order valence-electron chi connectivity index (χ2n) is 3.72. The first kappa shape index (κ1) is 15.2. The zero-order chi connectivity index (χ0) is 13.4. The fourth-order valence-corrected chi connectivity index (χ4v) is 2.46. The maximum absolute atomic E-state index is 12.9. The molecule has 0 heterocycles. The highest BCUT2D eigenvalue weighted by Crippen LogP contribution is 2.12. The normalized spacial score (nSPS) is 12.6. The van der Waals surface area contributed by atoms with Crippen LogP contribution in [0.15, 0.2) is 23.1 Å². The Morgan fingerprint density at radius 2 is 2.06 bits per heavy atom. The van der Waals surface area contributed by atoms with Crippen LogP contribution in [0.2, 0.25) is 0 Å². The lowest BCUT2D eigenvalue weighted by molar-refractivity contribution is 0.199. The van der Waals surface area contributed by atoms with Crippen molar-refractivity contribution in [2.45, 2.75) is 11.3 Å². The van der Waals surface area contributed by atoms with Crippen LogP contribution in [0.1, 0.15) is 6.42 Å². The van der Waals surface area contributed by atoms with E-state index in [1.54, 1.807) is 7.11 Å². The van der Waals surface area contributed by atoms with Crippen LogP contribution in [0.5, 0.6) is 0 Å². The predicted octanol–water partition coefficient (Wildman–Crippen LogP) is 1.70. The monoisotopic (exact) mass is 277 g/mol. The Morgan fingerprint density at radius 1 is 1.28 bits per heavy atom. The fraction of sp³-hybridized carbons (Fsp3) is 0.500. The van der Waals surface area contributed by atoms with Crippen molar-refractivity contribution < 1.29 is 17.7 Å². The van der Waals surface area contributed by atoms with Gasteiger partial charge in [0.25, 0.3) is 0 Å². The minimum absolute atomic E-state index is 0.325. The molecule has 0 aliphatic heterocycles. The number of hydrogen-bond acceptors (Lipinski definition) is 3. The molecule has 0 saturated carbocycles. The van der Waals surface area contributed by atoms with Crippen LogP contribution in [-0.4, -0.2) is 36.8 Å². The van der Waals surface area contributed by atoms with E-state index in [-0.39, 0.29) is 0 Å². The summed E-state index contributed by atoms with van der Waals surface area (Å²) in [6.45, 7) is 2.10. The van der Waals surface area contributed by atoms with Crippen molar-refractivity contribution in [2.75, 3.05) is 32.6 Å². The first-order valence-corrected chi connectivity index (χ1v) is 7.00. The highest BCUT2D eigenvalue weighted by atomic mass is 32.2. The number of benzene rings is 1. The van der Waals surface area contributed by atoms with Crippen LogP contribution < -0.4 is 5.32 Å². The van der Waals surface area contributed by atoms with Crippen molar-refractivity contribution in [3.05, 3.63) is 29.8 Å². The smallest absolute Gasteiger partial charge is 0.160 e. The molecule has 0 aliphatic carbocycles. The van der Waals surface area contributed by atoms with Gasteiger partial charge in [-0.05, 0) is 31.2 Å². The molecule has 1 aromatic carbocycles. The molecule has 6 heteroatoms. The van der Waals surface area contributed by atoms with Gasteiger partial charge in [-0.3, -0.25) is 4.21 Å². The largest absolute Gasteiger partial charge is 0.383 e. The molecule has 0 spiro atoms. The summed E-state index contributed by atoms with van der Waals surface area (Å²) >= 11 is 0. The van der Waals surface area contributed by atoms with Gasteiger partial charge in [-0.2, -0.15) is 0 Å². The summed E-state index contributed by atoms with van der Waals surface area (Å²) in [6.07, 6.45) is 0.704. The quantitative estimate of drug-likeness (QED) is 0.735. The van der Waals surface area contributed by atoms with Crippen LogP contribution in [-0.2, 0) is 15.5 Å². The number of hydrogen-bond donors (Lipinski definition) is 1. The number of methoxy groups -OCH3 is 1. The molecular formula is C12H17F2NO2S. The molecule has 0 radical (unpaired) electrons. The number of ether oxygens (including phenoxy) is 1. The van der Waals surface area contributed by atoms with Crippen molar-refractivity contribution in [1.29, 1.82) is 0 Å². The molecule has 0 bridgehead atoms. The van der Waals surface area contributed by atoms with E-state index in [4.69, 9.17) is 4.74 Å². The van der Waals surface area contributed by atoms with Crippen LogP contribution in [0, 0.1) is 11.6 Å². The molecule has 1 rings (SSSR count). The Balaban J connectivity index is 2.30. The van der Waals surface area contributed by atoms with Crippen LogP contribution >= 0.6 is 0 Å². The Labute approximate surface area is 108 Å². The first-order chi connectivity index (χ1) is 8.65. The van der Waals surface area contributed by atoms with Crippen LogP contribution in [0.4, 0.5) is 8.78 Å². The molecule has 0 aromatic heterocycles. The van der Waals surface area contributed by atoms with E-state index in [2.05, 4.69) is 5.32 Å².